The van der Waals surface area contributed by atoms with Gasteiger partial charge >= 0.3 is 0 Å². The lowest BCUT2D eigenvalue weighted by Crippen LogP contribution is -2.09. The molecule has 0 aliphatic heterocycles. The van der Waals surface area contributed by atoms with E-state index in [9.17, 15) is 12.8 Å². The van der Waals surface area contributed by atoms with Crippen LogP contribution < -0.4 is 5.73 Å². The molecular formula is C14H13ClFNO2S. The van der Waals surface area contributed by atoms with Crippen molar-refractivity contribution in [2.75, 3.05) is 5.73 Å². The lowest BCUT2D eigenvalue weighted by molar-refractivity contribution is 0.595. The van der Waals surface area contributed by atoms with Gasteiger partial charge in [0.2, 0.25) is 0 Å². The highest BCUT2D eigenvalue weighted by Crippen LogP contribution is 2.27. The molecule has 0 saturated carbocycles. The molecule has 0 aliphatic carbocycles. The quantitative estimate of drug-likeness (QED) is 0.884. The third-order valence-electron chi connectivity index (χ3n) is 2.88. The number of benzene rings is 2. The Kier molecular flexibility index (Phi) is 4.01. The normalized spacial score (nSPS) is 11.6. The Labute approximate surface area is 122 Å². The Bertz CT molecular complexity index is 760. The Morgan fingerprint density at radius 1 is 1.25 bits per heavy atom. The molecule has 0 fully saturated rings. The van der Waals surface area contributed by atoms with Gasteiger partial charge in [-0.05, 0) is 36.2 Å². The SMILES string of the molecule is Cc1ccc(N)c(S(=O)(=O)Cc2cccc(F)c2Cl)c1. The third-order valence-corrected chi connectivity index (χ3v) is 5.02. The van der Waals surface area contributed by atoms with Crippen LogP contribution in [0, 0.1) is 12.7 Å². The van der Waals surface area contributed by atoms with Crippen LogP contribution in [-0.2, 0) is 15.6 Å². The lowest BCUT2D eigenvalue weighted by atomic mass is 10.2. The third kappa shape index (κ3) is 2.94. The fourth-order valence-corrected chi connectivity index (χ4v) is 3.72. The summed E-state index contributed by atoms with van der Waals surface area (Å²) in [6.45, 7) is 1.77. The van der Waals surface area contributed by atoms with Gasteiger partial charge in [0.15, 0.2) is 9.84 Å². The minimum Gasteiger partial charge on any atom is -0.398 e. The number of halogens is 2. The lowest BCUT2D eigenvalue weighted by Gasteiger charge is -2.10. The Morgan fingerprint density at radius 2 is 1.95 bits per heavy atom. The summed E-state index contributed by atoms with van der Waals surface area (Å²) in [6.07, 6.45) is 0. The van der Waals surface area contributed by atoms with Crippen LogP contribution in [0.25, 0.3) is 0 Å². The molecule has 0 radical (unpaired) electrons. The van der Waals surface area contributed by atoms with Gasteiger partial charge in [0.05, 0.1) is 21.4 Å². The average Bonchev–Trinajstić information content (AvgIpc) is 2.37. The number of nitrogens with two attached hydrogens (primary N) is 1. The van der Waals surface area contributed by atoms with E-state index in [1.54, 1.807) is 13.0 Å². The molecule has 2 N–H and O–H groups in total. The zero-order valence-electron chi connectivity index (χ0n) is 10.7. The minimum absolute atomic E-state index is 0.0397. The molecule has 0 spiro atoms. The molecule has 0 aromatic heterocycles. The van der Waals surface area contributed by atoms with Gasteiger partial charge in [0, 0.05) is 0 Å². The van der Waals surface area contributed by atoms with E-state index in [4.69, 9.17) is 17.3 Å². The number of anilines is 1. The van der Waals surface area contributed by atoms with Crippen LogP contribution in [0.15, 0.2) is 41.3 Å². The van der Waals surface area contributed by atoms with Gasteiger partial charge in [-0.3, -0.25) is 0 Å². The monoisotopic (exact) mass is 313 g/mol. The molecule has 0 atom stereocenters. The van der Waals surface area contributed by atoms with E-state index in [0.717, 1.165) is 5.56 Å². The largest absolute Gasteiger partial charge is 0.398 e. The molecule has 0 heterocycles. The molecule has 2 aromatic rings. The number of hydrogen-bond acceptors (Lipinski definition) is 3. The molecule has 0 aliphatic rings. The molecule has 20 heavy (non-hydrogen) atoms. The van der Waals surface area contributed by atoms with Gasteiger partial charge in [-0.15, -0.1) is 0 Å². The van der Waals surface area contributed by atoms with Crippen LogP contribution in [0.5, 0.6) is 0 Å². The van der Waals surface area contributed by atoms with Gasteiger partial charge in [-0.2, -0.15) is 0 Å². The highest BCUT2D eigenvalue weighted by Gasteiger charge is 2.20. The molecule has 3 nitrogen and oxygen atoms in total. The van der Waals surface area contributed by atoms with Gasteiger partial charge in [0.1, 0.15) is 5.82 Å². The fourth-order valence-electron chi connectivity index (χ4n) is 1.85. The van der Waals surface area contributed by atoms with Crippen molar-refractivity contribution in [2.45, 2.75) is 17.6 Å². The second-order valence-corrected chi connectivity index (χ2v) is 6.85. The molecule has 6 heteroatoms. The van der Waals surface area contributed by atoms with Crippen LogP contribution in [0.2, 0.25) is 5.02 Å². The van der Waals surface area contributed by atoms with Crippen molar-refractivity contribution in [1.82, 2.24) is 0 Å². The molecule has 0 amide bonds. The maximum absolute atomic E-state index is 13.3. The smallest absolute Gasteiger partial charge is 0.184 e. The summed E-state index contributed by atoms with van der Waals surface area (Å²) in [6, 6.07) is 8.84. The summed E-state index contributed by atoms with van der Waals surface area (Å²) in [5.41, 5.74) is 6.88. The molecule has 106 valence electrons. The summed E-state index contributed by atoms with van der Waals surface area (Å²) in [5, 5.41) is -0.178. The molecule has 0 saturated heterocycles. The Hall–Kier alpha value is -1.59. The van der Waals surface area contributed by atoms with E-state index in [1.165, 1.54) is 30.3 Å². The van der Waals surface area contributed by atoms with E-state index in [1.807, 2.05) is 0 Å². The number of aryl methyl sites for hydroxylation is 1. The topological polar surface area (TPSA) is 60.2 Å². The van der Waals surface area contributed by atoms with E-state index in [-0.39, 0.29) is 21.2 Å². The van der Waals surface area contributed by atoms with Gasteiger partial charge in [0.25, 0.3) is 0 Å². The summed E-state index contributed by atoms with van der Waals surface area (Å²) in [4.78, 5) is 0.0397. The summed E-state index contributed by atoms with van der Waals surface area (Å²) in [5.74, 6) is -1.03. The van der Waals surface area contributed by atoms with Crippen LogP contribution >= 0.6 is 11.6 Å². The van der Waals surface area contributed by atoms with E-state index in [0.29, 0.717) is 0 Å². The molecule has 0 unspecified atom stereocenters. The van der Waals surface area contributed by atoms with Crippen molar-refractivity contribution >= 4 is 27.1 Å². The summed E-state index contributed by atoms with van der Waals surface area (Å²) in [7, 11) is -3.68. The van der Waals surface area contributed by atoms with E-state index < -0.39 is 21.4 Å². The first-order chi connectivity index (χ1) is 9.31. The number of hydrogen-bond donors (Lipinski definition) is 1. The fraction of sp³-hybridized carbons (Fsp3) is 0.143. The van der Waals surface area contributed by atoms with Crippen molar-refractivity contribution in [1.29, 1.82) is 0 Å². The van der Waals surface area contributed by atoms with Gasteiger partial charge < -0.3 is 5.73 Å². The molecule has 2 rings (SSSR count). The zero-order valence-corrected chi connectivity index (χ0v) is 12.3. The molecular weight excluding hydrogens is 301 g/mol. The number of nitrogen functional groups attached to an aromatic ring is 1. The molecule has 0 bridgehead atoms. The highest BCUT2D eigenvalue weighted by atomic mass is 35.5. The van der Waals surface area contributed by atoms with Gasteiger partial charge in [-0.1, -0.05) is 29.8 Å². The minimum atomic E-state index is -3.68. The zero-order chi connectivity index (χ0) is 14.9. The number of sulfone groups is 1. The Morgan fingerprint density at radius 3 is 2.65 bits per heavy atom. The number of rotatable bonds is 3. The first kappa shape index (κ1) is 14.8. The van der Waals surface area contributed by atoms with Crippen molar-refractivity contribution < 1.29 is 12.8 Å². The van der Waals surface area contributed by atoms with Crippen LogP contribution in [0.1, 0.15) is 11.1 Å². The van der Waals surface area contributed by atoms with E-state index >= 15 is 0 Å². The Balaban J connectivity index is 2.46. The van der Waals surface area contributed by atoms with Crippen molar-refractivity contribution in [2.24, 2.45) is 0 Å². The standard InChI is InChI=1S/C14H13ClFNO2S/c1-9-5-6-12(17)13(7-9)20(18,19)8-10-3-2-4-11(16)14(10)15/h2-7H,8,17H2,1H3. The average molecular weight is 314 g/mol. The maximum Gasteiger partial charge on any atom is 0.184 e. The summed E-state index contributed by atoms with van der Waals surface area (Å²) >= 11 is 5.79. The van der Waals surface area contributed by atoms with Gasteiger partial charge in [-0.25, -0.2) is 12.8 Å². The van der Waals surface area contributed by atoms with Crippen molar-refractivity contribution in [3.8, 4) is 0 Å². The van der Waals surface area contributed by atoms with Crippen molar-refractivity contribution in [3.63, 3.8) is 0 Å². The first-order valence-corrected chi connectivity index (χ1v) is 7.86. The first-order valence-electron chi connectivity index (χ1n) is 5.83. The van der Waals surface area contributed by atoms with Crippen LogP contribution in [0.3, 0.4) is 0 Å². The van der Waals surface area contributed by atoms with E-state index in [2.05, 4.69) is 0 Å². The van der Waals surface area contributed by atoms with Crippen LogP contribution in [0.4, 0.5) is 10.1 Å². The highest BCUT2D eigenvalue weighted by molar-refractivity contribution is 7.90. The predicted octanol–water partition coefficient (Wildman–Crippen LogP) is 3.34. The maximum atomic E-state index is 13.3. The second kappa shape index (κ2) is 5.42. The molecule has 2 aromatic carbocycles. The predicted molar refractivity (Wildman–Crippen MR) is 77.9 cm³/mol. The van der Waals surface area contributed by atoms with Crippen molar-refractivity contribution in [3.05, 3.63) is 58.4 Å². The second-order valence-electron chi connectivity index (χ2n) is 4.51. The van der Waals surface area contributed by atoms with Crippen LogP contribution in [-0.4, -0.2) is 8.42 Å². The summed E-state index contributed by atoms with van der Waals surface area (Å²) < 4.78 is 38.1.